The number of aliphatic hydroxyl groups excluding tert-OH is 1. The Balaban J connectivity index is 4.38. The van der Waals surface area contributed by atoms with Crippen molar-refractivity contribution in [3.63, 3.8) is 0 Å². The maximum Gasteiger partial charge on any atom is 0.472 e. The summed E-state index contributed by atoms with van der Waals surface area (Å²) in [5, 5.41) is 13.9. The minimum absolute atomic E-state index is 0.0355. The van der Waals surface area contributed by atoms with Crippen molar-refractivity contribution >= 4 is 13.7 Å². The molecule has 3 atom stereocenters. The highest BCUT2D eigenvalue weighted by Gasteiger charge is 2.27. The predicted molar refractivity (Wildman–Crippen MR) is 322 cm³/mol. The largest absolute Gasteiger partial charge is 0.472 e. The number of hydrogen-bond acceptors (Lipinski definition) is 5. The van der Waals surface area contributed by atoms with Crippen LogP contribution in [0.4, 0.5) is 0 Å². The fourth-order valence-corrected chi connectivity index (χ4v) is 8.74. The molecule has 9 heteroatoms. The number of likely N-dealkylation sites (N-methyl/N-ethyl adjacent to an activating group) is 1. The van der Waals surface area contributed by atoms with Gasteiger partial charge in [-0.05, 0) is 96.3 Å². The molecule has 424 valence electrons. The molecule has 0 aliphatic carbocycles. The van der Waals surface area contributed by atoms with Crippen LogP contribution in [0.5, 0.6) is 0 Å². The monoisotopic (exact) mass is 1050 g/mol. The summed E-state index contributed by atoms with van der Waals surface area (Å²) >= 11 is 0. The Kier molecular flexibility index (Phi) is 52.4. The second-order valence-electron chi connectivity index (χ2n) is 21.0. The van der Waals surface area contributed by atoms with Crippen LogP contribution in [0.1, 0.15) is 232 Å². The number of rotatable bonds is 53. The smallest absolute Gasteiger partial charge is 0.387 e. The van der Waals surface area contributed by atoms with E-state index < -0.39 is 20.0 Å². The third kappa shape index (κ3) is 56.6. The summed E-state index contributed by atoms with van der Waals surface area (Å²) in [5.74, 6) is -0.252. The van der Waals surface area contributed by atoms with Crippen LogP contribution >= 0.6 is 7.82 Å². The third-order valence-electron chi connectivity index (χ3n) is 12.6. The summed E-state index contributed by atoms with van der Waals surface area (Å²) in [6.45, 7) is 4.63. The SMILES string of the molecule is CC/C=C\C/C=C\C/C=C\C/C=C\C/C=C\C/C=C\C/C=C\CCCC(=O)NC(COP(=O)(O)OCC[N+](C)(C)C)C(O)/C=C/CC/C=C/CC/C=C/CCCCCCCCCCCCCCCCCCCCC. The Morgan fingerprint density at radius 3 is 1.24 bits per heavy atom. The fourth-order valence-electron chi connectivity index (χ4n) is 8.00. The lowest BCUT2D eigenvalue weighted by Gasteiger charge is -2.25. The third-order valence-corrected chi connectivity index (χ3v) is 13.6. The van der Waals surface area contributed by atoms with E-state index >= 15 is 0 Å². The number of allylic oxidation sites excluding steroid dienone is 19. The van der Waals surface area contributed by atoms with Crippen LogP contribution in [-0.2, 0) is 18.4 Å². The molecule has 3 unspecified atom stereocenters. The molecule has 3 N–H and O–H groups in total. The van der Waals surface area contributed by atoms with Gasteiger partial charge in [-0.1, -0.05) is 251 Å². The second kappa shape index (κ2) is 54.7. The summed E-state index contributed by atoms with van der Waals surface area (Å²) in [6, 6.07) is -0.911. The first-order chi connectivity index (χ1) is 36.0. The number of carbonyl (C=O) groups is 1. The van der Waals surface area contributed by atoms with E-state index in [0.717, 1.165) is 77.0 Å². The number of aliphatic hydroxyl groups is 1. The molecule has 0 heterocycles. The molecule has 0 saturated heterocycles. The van der Waals surface area contributed by atoms with Crippen LogP contribution in [0, 0.1) is 0 Å². The number of unbranched alkanes of at least 4 members (excludes halogenated alkanes) is 22. The van der Waals surface area contributed by atoms with Crippen molar-refractivity contribution in [3.8, 4) is 0 Å². The zero-order valence-corrected chi connectivity index (χ0v) is 49.2. The molecular formula is C65H114N2O6P+. The first-order valence-corrected chi connectivity index (χ1v) is 31.4. The van der Waals surface area contributed by atoms with Gasteiger partial charge in [-0.25, -0.2) is 4.57 Å². The van der Waals surface area contributed by atoms with Gasteiger partial charge in [0, 0.05) is 6.42 Å². The van der Waals surface area contributed by atoms with Crippen LogP contribution in [0.15, 0.2) is 122 Å². The summed E-state index contributed by atoms with van der Waals surface area (Å²) in [4.78, 5) is 23.3. The van der Waals surface area contributed by atoms with Crippen LogP contribution in [0.2, 0.25) is 0 Å². The van der Waals surface area contributed by atoms with E-state index in [2.05, 4.69) is 129 Å². The van der Waals surface area contributed by atoms with E-state index in [1.54, 1.807) is 6.08 Å². The average Bonchev–Trinajstić information content (AvgIpc) is 3.36. The summed E-state index contributed by atoms with van der Waals surface area (Å²) in [6.07, 6.45) is 81.9. The maximum atomic E-state index is 13.0. The Hall–Kier alpha value is -3.10. The predicted octanol–water partition coefficient (Wildman–Crippen LogP) is 18.5. The van der Waals surface area contributed by atoms with E-state index in [9.17, 15) is 19.4 Å². The highest BCUT2D eigenvalue weighted by molar-refractivity contribution is 7.47. The van der Waals surface area contributed by atoms with Crippen LogP contribution in [0.3, 0.4) is 0 Å². The second-order valence-corrected chi connectivity index (χ2v) is 22.4. The Morgan fingerprint density at radius 1 is 0.473 bits per heavy atom. The van der Waals surface area contributed by atoms with Gasteiger partial charge in [-0.3, -0.25) is 13.8 Å². The van der Waals surface area contributed by atoms with Crippen LogP contribution < -0.4 is 5.32 Å². The van der Waals surface area contributed by atoms with Crippen molar-refractivity contribution in [1.82, 2.24) is 5.32 Å². The zero-order valence-electron chi connectivity index (χ0n) is 48.3. The minimum Gasteiger partial charge on any atom is -0.387 e. The molecule has 0 radical (unpaired) electrons. The highest BCUT2D eigenvalue weighted by atomic mass is 31.2. The van der Waals surface area contributed by atoms with Gasteiger partial charge in [-0.15, -0.1) is 0 Å². The lowest BCUT2D eigenvalue weighted by Crippen LogP contribution is -2.45. The number of phosphoric acid groups is 1. The van der Waals surface area contributed by atoms with Gasteiger partial charge in [0.2, 0.25) is 5.91 Å². The minimum atomic E-state index is -4.39. The van der Waals surface area contributed by atoms with Gasteiger partial charge in [0.15, 0.2) is 0 Å². The van der Waals surface area contributed by atoms with Crippen LogP contribution in [0.25, 0.3) is 0 Å². The van der Waals surface area contributed by atoms with Crippen LogP contribution in [-0.4, -0.2) is 73.4 Å². The first-order valence-electron chi connectivity index (χ1n) is 29.9. The molecule has 0 aromatic rings. The van der Waals surface area contributed by atoms with Crippen molar-refractivity contribution in [2.45, 2.75) is 244 Å². The Labute approximate surface area is 456 Å². The summed E-state index contributed by atoms with van der Waals surface area (Å²) in [5.41, 5.74) is 0. The van der Waals surface area contributed by atoms with E-state index in [-0.39, 0.29) is 25.5 Å². The first kappa shape index (κ1) is 70.9. The molecule has 0 rings (SSSR count). The van der Waals surface area contributed by atoms with Crippen molar-refractivity contribution in [3.05, 3.63) is 122 Å². The molecular weight excluding hydrogens is 936 g/mol. The van der Waals surface area contributed by atoms with E-state index in [1.165, 1.54) is 128 Å². The number of nitrogens with zero attached hydrogens (tertiary/aromatic N) is 1. The zero-order chi connectivity index (χ0) is 54.2. The van der Waals surface area contributed by atoms with Crippen molar-refractivity contribution < 1.29 is 32.9 Å². The topological polar surface area (TPSA) is 105 Å². The lowest BCUT2D eigenvalue weighted by molar-refractivity contribution is -0.870. The fraction of sp³-hybridized carbons (Fsp3) is 0.677. The number of quaternary nitrogens is 1. The quantitative estimate of drug-likeness (QED) is 0.0243. The van der Waals surface area contributed by atoms with Gasteiger partial charge in [0.1, 0.15) is 13.2 Å². The molecule has 74 heavy (non-hydrogen) atoms. The normalized spacial score (nSPS) is 14.7. The molecule has 0 aromatic carbocycles. The van der Waals surface area contributed by atoms with Gasteiger partial charge in [-0.2, -0.15) is 0 Å². The Bertz CT molecular complexity index is 1620. The molecule has 0 saturated carbocycles. The highest BCUT2D eigenvalue weighted by Crippen LogP contribution is 2.43. The van der Waals surface area contributed by atoms with Crippen molar-refractivity contribution in [1.29, 1.82) is 0 Å². The summed E-state index contributed by atoms with van der Waals surface area (Å²) in [7, 11) is 1.49. The van der Waals surface area contributed by atoms with E-state index in [1.807, 2.05) is 27.2 Å². The van der Waals surface area contributed by atoms with Gasteiger partial charge in [0.05, 0.1) is 39.9 Å². The molecule has 0 fully saturated rings. The van der Waals surface area contributed by atoms with Gasteiger partial charge < -0.3 is 19.8 Å². The number of carbonyl (C=O) groups excluding carboxylic acids is 1. The lowest BCUT2D eigenvalue weighted by atomic mass is 10.0. The molecule has 0 aliphatic rings. The molecule has 0 spiro atoms. The van der Waals surface area contributed by atoms with E-state index in [4.69, 9.17) is 9.05 Å². The molecule has 0 aliphatic heterocycles. The van der Waals surface area contributed by atoms with Crippen molar-refractivity contribution in [2.24, 2.45) is 0 Å². The average molecular weight is 1050 g/mol. The molecule has 0 aromatic heterocycles. The molecule has 0 bridgehead atoms. The number of nitrogens with one attached hydrogen (secondary N) is 1. The number of hydrogen-bond donors (Lipinski definition) is 3. The summed E-state index contributed by atoms with van der Waals surface area (Å²) < 4.78 is 23.7. The van der Waals surface area contributed by atoms with Crippen molar-refractivity contribution in [2.75, 3.05) is 40.9 Å². The van der Waals surface area contributed by atoms with Gasteiger partial charge >= 0.3 is 7.82 Å². The molecule has 8 nitrogen and oxygen atoms in total. The Morgan fingerprint density at radius 2 is 0.824 bits per heavy atom. The van der Waals surface area contributed by atoms with Gasteiger partial charge in [0.25, 0.3) is 0 Å². The number of amides is 1. The van der Waals surface area contributed by atoms with E-state index in [0.29, 0.717) is 17.4 Å². The molecule has 1 amide bonds. The number of phosphoric ester groups is 1. The maximum absolute atomic E-state index is 13.0. The standard InChI is InChI=1S/C65H113N2O6P/c1-6-8-10-12-14-16-18-20-22-24-26-28-30-31-32-33-34-35-37-38-40-42-44-46-48-50-52-54-56-58-64(68)63(62-73-74(70,71)72-61-60-67(3,4)5)66-65(69)59-57-55-53-51-49-47-45-43-41-39-36-29-27-25-23-21-19-17-15-13-11-9-7-2/h9,11,15,17,21,23,27,29,39-42,45,47-48,50-51,53,56,58,63-64,68H,6-8,10,12-14,16,18-20,22,24-26,28,30-38,43-44,46,49,52,54-55,57,59-62H2,1-5H3,(H-,66,69,70,71)/p+1/b11-9-,17-15-,23-21-,29-27-,41-39-,42-40+,47-45-,50-48+,53-51-,58-56+.